The third kappa shape index (κ3) is 3.92. The van der Waals surface area contributed by atoms with Gasteiger partial charge in [-0.3, -0.25) is 9.89 Å². The minimum atomic E-state index is -0.788. The number of amides is 1. The molecule has 7 heteroatoms. The van der Waals surface area contributed by atoms with Gasteiger partial charge in [-0.2, -0.15) is 5.10 Å². The smallest absolute Gasteiger partial charge is 0.255 e. The molecular weight excluding hydrogens is 304 g/mol. The topological polar surface area (TPSA) is 78.0 Å². The summed E-state index contributed by atoms with van der Waals surface area (Å²) in [6.45, 7) is 3.71. The van der Waals surface area contributed by atoms with Crippen LogP contribution < -0.4 is 5.32 Å². The summed E-state index contributed by atoms with van der Waals surface area (Å²) in [6, 6.07) is 3.02. The molecule has 0 aliphatic rings. The molecule has 1 unspecified atom stereocenters. The van der Waals surface area contributed by atoms with E-state index in [1.54, 1.807) is 0 Å². The maximum atomic E-state index is 13.9. The van der Waals surface area contributed by atoms with E-state index in [9.17, 15) is 18.7 Å². The maximum absolute atomic E-state index is 13.9. The number of benzene rings is 1. The largest absolute Gasteiger partial charge is 0.394 e. The first-order chi connectivity index (χ1) is 10.9. The van der Waals surface area contributed by atoms with Gasteiger partial charge in [0.2, 0.25) is 0 Å². The van der Waals surface area contributed by atoms with Gasteiger partial charge >= 0.3 is 0 Å². The predicted octanol–water partition coefficient (Wildman–Crippen LogP) is 2.49. The number of H-pyrrole nitrogens is 1. The average molecular weight is 323 g/mol. The van der Waals surface area contributed by atoms with Gasteiger partial charge in [-0.15, -0.1) is 0 Å². The number of aromatic amines is 1. The number of carbonyl (C=O) groups is 1. The van der Waals surface area contributed by atoms with Gasteiger partial charge in [0.25, 0.3) is 5.91 Å². The number of nitrogens with zero attached hydrogens (tertiary/aromatic N) is 1. The molecule has 0 aliphatic carbocycles. The number of rotatable bonds is 6. The Hall–Kier alpha value is -2.28. The van der Waals surface area contributed by atoms with Crippen molar-refractivity contribution in [3.05, 3.63) is 41.6 Å². The van der Waals surface area contributed by atoms with Crippen LogP contribution in [0.1, 0.15) is 30.6 Å². The summed E-state index contributed by atoms with van der Waals surface area (Å²) in [5, 5.41) is 18.2. The van der Waals surface area contributed by atoms with Crippen LogP contribution in [-0.4, -0.2) is 33.9 Å². The molecule has 0 aliphatic heterocycles. The highest BCUT2D eigenvalue weighted by Gasteiger charge is 2.22. The van der Waals surface area contributed by atoms with Crippen molar-refractivity contribution >= 4 is 5.91 Å². The molecule has 1 aromatic heterocycles. The van der Waals surface area contributed by atoms with E-state index in [1.165, 1.54) is 12.3 Å². The van der Waals surface area contributed by atoms with Crippen molar-refractivity contribution < 1.29 is 18.7 Å². The van der Waals surface area contributed by atoms with Crippen LogP contribution in [-0.2, 0) is 0 Å². The zero-order valence-corrected chi connectivity index (χ0v) is 12.9. The van der Waals surface area contributed by atoms with E-state index < -0.39 is 23.6 Å². The van der Waals surface area contributed by atoms with E-state index in [2.05, 4.69) is 15.5 Å². The molecule has 1 heterocycles. The second-order valence-electron chi connectivity index (χ2n) is 5.74. The summed E-state index contributed by atoms with van der Waals surface area (Å²) in [5.41, 5.74) is -0.338. The van der Waals surface area contributed by atoms with Crippen LogP contribution in [0.2, 0.25) is 0 Å². The molecule has 23 heavy (non-hydrogen) atoms. The van der Waals surface area contributed by atoms with E-state index in [1.807, 2.05) is 13.8 Å². The molecule has 0 saturated heterocycles. The molecule has 0 bridgehead atoms. The molecule has 3 N–H and O–H groups in total. The molecule has 1 aromatic carbocycles. The zero-order valence-electron chi connectivity index (χ0n) is 12.9. The fourth-order valence-electron chi connectivity index (χ4n) is 2.40. The number of hydrogen-bond donors (Lipinski definition) is 3. The van der Waals surface area contributed by atoms with Gasteiger partial charge in [0.1, 0.15) is 11.6 Å². The van der Waals surface area contributed by atoms with Crippen LogP contribution in [0.3, 0.4) is 0 Å². The van der Waals surface area contributed by atoms with E-state index in [-0.39, 0.29) is 29.3 Å². The number of aliphatic hydroxyl groups is 1. The lowest BCUT2D eigenvalue weighted by molar-refractivity contribution is 0.0909. The Morgan fingerprint density at radius 2 is 2.00 bits per heavy atom. The fraction of sp³-hybridized carbons (Fsp3) is 0.375. The molecular formula is C16H19F2N3O2. The maximum Gasteiger partial charge on any atom is 0.255 e. The van der Waals surface area contributed by atoms with Gasteiger partial charge < -0.3 is 10.4 Å². The van der Waals surface area contributed by atoms with Crippen molar-refractivity contribution in [2.45, 2.75) is 26.3 Å². The Morgan fingerprint density at radius 3 is 2.57 bits per heavy atom. The van der Waals surface area contributed by atoms with Gasteiger partial charge in [0.05, 0.1) is 35.7 Å². The highest BCUT2D eigenvalue weighted by Crippen LogP contribution is 2.27. The summed E-state index contributed by atoms with van der Waals surface area (Å²) < 4.78 is 27.8. The molecule has 0 radical (unpaired) electrons. The summed E-state index contributed by atoms with van der Waals surface area (Å²) in [4.78, 5) is 12.3. The van der Waals surface area contributed by atoms with Crippen LogP contribution in [0.25, 0.3) is 11.3 Å². The normalized spacial score (nSPS) is 12.4. The lowest BCUT2D eigenvalue weighted by Gasteiger charge is -2.18. The van der Waals surface area contributed by atoms with Crippen LogP contribution in [0, 0.1) is 17.6 Å². The van der Waals surface area contributed by atoms with Crippen molar-refractivity contribution in [1.29, 1.82) is 0 Å². The van der Waals surface area contributed by atoms with Gasteiger partial charge in [0, 0.05) is 0 Å². The number of nitrogens with one attached hydrogen (secondary N) is 2. The summed E-state index contributed by atoms with van der Waals surface area (Å²) in [6.07, 6.45) is 1.80. The lowest BCUT2D eigenvalue weighted by atomic mass is 10.0. The summed E-state index contributed by atoms with van der Waals surface area (Å²) in [7, 11) is 0. The minimum absolute atomic E-state index is 0.0243. The van der Waals surface area contributed by atoms with E-state index in [4.69, 9.17) is 0 Å². The molecule has 1 atom stereocenters. The lowest BCUT2D eigenvalue weighted by Crippen LogP contribution is -2.38. The Morgan fingerprint density at radius 1 is 1.35 bits per heavy atom. The quantitative estimate of drug-likeness (QED) is 0.764. The van der Waals surface area contributed by atoms with E-state index >= 15 is 0 Å². The molecule has 0 saturated carbocycles. The number of aromatic nitrogens is 2. The first-order valence-corrected chi connectivity index (χ1v) is 7.33. The van der Waals surface area contributed by atoms with Crippen molar-refractivity contribution in [1.82, 2.24) is 15.5 Å². The van der Waals surface area contributed by atoms with Crippen molar-refractivity contribution in [3.8, 4) is 11.3 Å². The second kappa shape index (κ2) is 7.32. The van der Waals surface area contributed by atoms with Crippen molar-refractivity contribution in [3.63, 3.8) is 0 Å². The van der Waals surface area contributed by atoms with Gasteiger partial charge in [0.15, 0.2) is 0 Å². The number of halogens is 2. The Kier molecular flexibility index (Phi) is 5.44. The van der Waals surface area contributed by atoms with Crippen LogP contribution >= 0.6 is 0 Å². The summed E-state index contributed by atoms with van der Waals surface area (Å²) >= 11 is 0. The minimum Gasteiger partial charge on any atom is -0.394 e. The number of hydrogen-bond acceptors (Lipinski definition) is 3. The molecule has 5 nitrogen and oxygen atoms in total. The van der Waals surface area contributed by atoms with Crippen molar-refractivity contribution in [2.75, 3.05) is 6.61 Å². The van der Waals surface area contributed by atoms with E-state index in [0.29, 0.717) is 6.42 Å². The predicted molar refractivity (Wildman–Crippen MR) is 81.7 cm³/mol. The summed E-state index contributed by atoms with van der Waals surface area (Å²) in [5.74, 6) is -1.84. The number of carbonyl (C=O) groups excluding carboxylic acids is 1. The standard InChI is InChI=1S/C16H19F2N3O2/c1-9(2)6-10(8-22)20-16(23)11-7-19-21-15(11)14-12(17)4-3-5-13(14)18/h3-5,7,9-10,22H,6,8H2,1-2H3,(H,19,21)(H,20,23). The highest BCUT2D eigenvalue weighted by atomic mass is 19.1. The van der Waals surface area contributed by atoms with Gasteiger partial charge in [-0.25, -0.2) is 8.78 Å². The SMILES string of the molecule is CC(C)CC(CO)NC(=O)c1cn[nH]c1-c1c(F)cccc1F. The van der Waals surface area contributed by atoms with Gasteiger partial charge in [-0.1, -0.05) is 19.9 Å². The number of aliphatic hydroxyl groups excluding tert-OH is 1. The Labute approximate surface area is 132 Å². The second-order valence-corrected chi connectivity index (χ2v) is 5.74. The van der Waals surface area contributed by atoms with Crippen LogP contribution in [0.15, 0.2) is 24.4 Å². The third-order valence-corrected chi connectivity index (χ3v) is 3.41. The van der Waals surface area contributed by atoms with E-state index in [0.717, 1.165) is 12.1 Å². The average Bonchev–Trinajstić information content (AvgIpc) is 2.95. The fourth-order valence-corrected chi connectivity index (χ4v) is 2.40. The van der Waals surface area contributed by atoms with Gasteiger partial charge in [-0.05, 0) is 24.5 Å². The van der Waals surface area contributed by atoms with Crippen LogP contribution in [0.5, 0.6) is 0 Å². The molecule has 0 spiro atoms. The Bertz CT molecular complexity index is 665. The molecule has 1 amide bonds. The highest BCUT2D eigenvalue weighted by molar-refractivity contribution is 6.00. The monoisotopic (exact) mass is 323 g/mol. The Balaban J connectivity index is 2.29. The molecule has 2 aromatic rings. The first-order valence-electron chi connectivity index (χ1n) is 7.33. The first kappa shape index (κ1) is 17.1. The van der Waals surface area contributed by atoms with Crippen LogP contribution in [0.4, 0.5) is 8.78 Å². The molecule has 2 rings (SSSR count). The zero-order chi connectivity index (χ0) is 17.0. The third-order valence-electron chi connectivity index (χ3n) is 3.41. The molecule has 124 valence electrons. The van der Waals surface area contributed by atoms with Crippen molar-refractivity contribution in [2.24, 2.45) is 5.92 Å². The molecule has 0 fully saturated rings.